The van der Waals surface area contributed by atoms with Crippen LogP contribution >= 0.6 is 38.9 Å². The average Bonchev–Trinajstić information content (AvgIpc) is 3.38. The van der Waals surface area contributed by atoms with Crippen LogP contribution in [-0.4, -0.2) is 35.1 Å². The second kappa shape index (κ2) is 8.69. The summed E-state index contributed by atoms with van der Waals surface area (Å²) in [6.07, 6.45) is 3.47. The van der Waals surface area contributed by atoms with Crippen LogP contribution in [0.4, 0.5) is 5.13 Å². The Morgan fingerprint density at radius 2 is 2.14 bits per heavy atom. The zero-order chi connectivity index (χ0) is 19.5. The van der Waals surface area contributed by atoms with E-state index in [0.717, 1.165) is 35.2 Å². The molecule has 8 heteroatoms. The molecule has 1 fully saturated rings. The summed E-state index contributed by atoms with van der Waals surface area (Å²) < 4.78 is 6.76. The maximum atomic E-state index is 13.2. The lowest BCUT2D eigenvalue weighted by Crippen LogP contribution is -2.38. The molecular formula is C20H17BrClN3O2S. The van der Waals surface area contributed by atoms with Crippen molar-refractivity contribution in [1.29, 1.82) is 0 Å². The van der Waals surface area contributed by atoms with Crippen LogP contribution in [0.1, 0.15) is 23.3 Å². The van der Waals surface area contributed by atoms with Crippen LogP contribution in [0.5, 0.6) is 0 Å². The first-order valence-corrected chi connectivity index (χ1v) is 10.9. The monoisotopic (exact) mass is 477 g/mol. The first-order valence-electron chi connectivity index (χ1n) is 8.86. The highest BCUT2D eigenvalue weighted by Gasteiger charge is 2.27. The molecule has 1 aromatic carbocycles. The normalized spacial score (nSPS) is 16.3. The number of carbonyl (C=O) groups excluding carboxylic acids is 1. The molecule has 4 rings (SSSR count). The number of thiazole rings is 1. The first-order chi connectivity index (χ1) is 13.6. The fraction of sp³-hybridized carbons (Fsp3) is 0.250. The van der Waals surface area contributed by atoms with E-state index in [0.29, 0.717) is 22.4 Å². The van der Waals surface area contributed by atoms with Crippen molar-refractivity contribution in [2.24, 2.45) is 0 Å². The Kier molecular flexibility index (Phi) is 6.06. The molecule has 1 aliphatic rings. The molecule has 1 aliphatic heterocycles. The fourth-order valence-electron chi connectivity index (χ4n) is 3.04. The standard InChI is InChI=1S/C20H17BrClN3O2S/c21-14-5-3-13(4-6-14)18-12-28-20(24-18)25(11-16-2-1-9-27-16)19(26)17-10-15(22)7-8-23-17/h3-8,10,12,16H,1-2,9,11H2/t16-/m1/s1. The molecule has 1 atom stereocenters. The highest BCUT2D eigenvalue weighted by atomic mass is 79.9. The molecule has 3 heterocycles. The number of rotatable bonds is 5. The Balaban J connectivity index is 1.65. The van der Waals surface area contributed by atoms with E-state index in [1.165, 1.54) is 17.5 Å². The minimum Gasteiger partial charge on any atom is -0.376 e. The summed E-state index contributed by atoms with van der Waals surface area (Å²) in [5, 5.41) is 3.06. The van der Waals surface area contributed by atoms with Gasteiger partial charge in [-0.2, -0.15) is 0 Å². The number of aromatic nitrogens is 2. The van der Waals surface area contributed by atoms with Crippen molar-refractivity contribution in [2.75, 3.05) is 18.1 Å². The van der Waals surface area contributed by atoms with Gasteiger partial charge in [-0.3, -0.25) is 14.7 Å². The van der Waals surface area contributed by atoms with Crippen LogP contribution in [0.25, 0.3) is 11.3 Å². The Labute approximate surface area is 180 Å². The summed E-state index contributed by atoms with van der Waals surface area (Å²) in [7, 11) is 0. The van der Waals surface area contributed by atoms with E-state index in [1.54, 1.807) is 17.0 Å². The van der Waals surface area contributed by atoms with E-state index in [4.69, 9.17) is 21.3 Å². The SMILES string of the molecule is O=C(c1cc(Cl)ccn1)N(C[C@H]1CCCO1)c1nc(-c2ccc(Br)cc2)cs1. The number of hydrogen-bond donors (Lipinski definition) is 0. The number of nitrogens with zero attached hydrogens (tertiary/aromatic N) is 3. The van der Waals surface area contributed by atoms with Gasteiger partial charge in [0.15, 0.2) is 5.13 Å². The molecule has 28 heavy (non-hydrogen) atoms. The topological polar surface area (TPSA) is 55.3 Å². The summed E-state index contributed by atoms with van der Waals surface area (Å²) in [4.78, 5) is 23.7. The molecular weight excluding hydrogens is 462 g/mol. The maximum Gasteiger partial charge on any atom is 0.278 e. The number of ether oxygens (including phenoxy) is 1. The quantitative estimate of drug-likeness (QED) is 0.489. The van der Waals surface area contributed by atoms with Crippen LogP contribution in [0, 0.1) is 0 Å². The highest BCUT2D eigenvalue weighted by molar-refractivity contribution is 9.10. The smallest absolute Gasteiger partial charge is 0.278 e. The summed E-state index contributed by atoms with van der Waals surface area (Å²) >= 11 is 10.9. The lowest BCUT2D eigenvalue weighted by Gasteiger charge is -2.22. The number of benzene rings is 1. The third kappa shape index (κ3) is 4.43. The van der Waals surface area contributed by atoms with E-state index in [2.05, 4.69) is 20.9 Å². The molecule has 0 N–H and O–H groups in total. The van der Waals surface area contributed by atoms with E-state index < -0.39 is 0 Å². The maximum absolute atomic E-state index is 13.2. The molecule has 1 amide bonds. The average molecular weight is 479 g/mol. The number of anilines is 1. The number of halogens is 2. The van der Waals surface area contributed by atoms with E-state index in [-0.39, 0.29) is 12.0 Å². The van der Waals surface area contributed by atoms with Crippen molar-refractivity contribution >= 4 is 49.9 Å². The van der Waals surface area contributed by atoms with Crippen LogP contribution in [-0.2, 0) is 4.74 Å². The Bertz CT molecular complexity index is 974. The Morgan fingerprint density at radius 3 is 2.86 bits per heavy atom. The third-order valence-corrected chi connectivity index (χ3v) is 6.09. The highest BCUT2D eigenvalue weighted by Crippen LogP contribution is 2.30. The Hall–Kier alpha value is -1.80. The number of pyridine rings is 1. The van der Waals surface area contributed by atoms with Gasteiger partial charge in [0.2, 0.25) is 0 Å². The van der Waals surface area contributed by atoms with Crippen molar-refractivity contribution in [2.45, 2.75) is 18.9 Å². The van der Waals surface area contributed by atoms with Crippen LogP contribution in [0.2, 0.25) is 5.02 Å². The number of hydrogen-bond acceptors (Lipinski definition) is 5. The molecule has 144 valence electrons. The first kappa shape index (κ1) is 19.5. The van der Waals surface area contributed by atoms with Crippen LogP contribution in [0.3, 0.4) is 0 Å². The van der Waals surface area contributed by atoms with E-state index in [9.17, 15) is 4.79 Å². The molecule has 0 bridgehead atoms. The zero-order valence-corrected chi connectivity index (χ0v) is 18.0. The largest absolute Gasteiger partial charge is 0.376 e. The van der Waals surface area contributed by atoms with Gasteiger partial charge in [-0.05, 0) is 37.1 Å². The second-order valence-corrected chi connectivity index (χ2v) is 8.62. The van der Waals surface area contributed by atoms with Gasteiger partial charge in [0, 0.05) is 33.2 Å². The molecule has 3 aromatic rings. The number of amides is 1. The van der Waals surface area contributed by atoms with Crippen molar-refractivity contribution in [3.8, 4) is 11.3 Å². The summed E-state index contributed by atoms with van der Waals surface area (Å²) in [6.45, 7) is 1.17. The van der Waals surface area contributed by atoms with Gasteiger partial charge in [0.25, 0.3) is 5.91 Å². The Morgan fingerprint density at radius 1 is 1.32 bits per heavy atom. The lowest BCUT2D eigenvalue weighted by atomic mass is 10.2. The van der Waals surface area contributed by atoms with Gasteiger partial charge in [0.1, 0.15) is 5.69 Å². The molecule has 1 saturated heterocycles. The summed E-state index contributed by atoms with van der Waals surface area (Å²) in [6, 6.07) is 11.2. The second-order valence-electron chi connectivity index (χ2n) is 6.43. The van der Waals surface area contributed by atoms with Gasteiger partial charge >= 0.3 is 0 Å². The van der Waals surface area contributed by atoms with Crippen molar-refractivity contribution < 1.29 is 9.53 Å². The third-order valence-electron chi connectivity index (χ3n) is 4.46. The minimum absolute atomic E-state index is 0.00293. The van der Waals surface area contributed by atoms with Crippen LogP contribution < -0.4 is 4.90 Å². The predicted octanol–water partition coefficient (Wildman–Crippen LogP) is 5.45. The zero-order valence-electron chi connectivity index (χ0n) is 14.8. The fourth-order valence-corrected chi connectivity index (χ4v) is 4.31. The molecule has 0 unspecified atom stereocenters. The number of carbonyl (C=O) groups is 1. The van der Waals surface area contributed by atoms with Crippen molar-refractivity contribution in [3.05, 3.63) is 63.2 Å². The lowest BCUT2D eigenvalue weighted by molar-refractivity contribution is 0.0913. The van der Waals surface area contributed by atoms with Gasteiger partial charge in [-0.25, -0.2) is 4.98 Å². The van der Waals surface area contributed by atoms with Crippen LogP contribution in [0.15, 0.2) is 52.4 Å². The molecule has 0 radical (unpaired) electrons. The molecule has 0 aliphatic carbocycles. The van der Waals surface area contributed by atoms with Crippen molar-refractivity contribution in [3.63, 3.8) is 0 Å². The van der Waals surface area contributed by atoms with Gasteiger partial charge in [-0.1, -0.05) is 39.7 Å². The molecule has 0 spiro atoms. The van der Waals surface area contributed by atoms with E-state index >= 15 is 0 Å². The van der Waals surface area contributed by atoms with E-state index in [1.807, 2.05) is 29.6 Å². The van der Waals surface area contributed by atoms with Gasteiger partial charge in [-0.15, -0.1) is 11.3 Å². The van der Waals surface area contributed by atoms with Gasteiger partial charge in [0.05, 0.1) is 18.3 Å². The van der Waals surface area contributed by atoms with Gasteiger partial charge < -0.3 is 4.74 Å². The minimum atomic E-state index is -0.227. The molecule has 2 aromatic heterocycles. The predicted molar refractivity (Wildman–Crippen MR) is 115 cm³/mol. The molecule has 0 saturated carbocycles. The summed E-state index contributed by atoms with van der Waals surface area (Å²) in [5.74, 6) is -0.227. The van der Waals surface area contributed by atoms with Crippen molar-refractivity contribution in [1.82, 2.24) is 9.97 Å². The summed E-state index contributed by atoms with van der Waals surface area (Å²) in [5.41, 5.74) is 2.12. The molecule has 5 nitrogen and oxygen atoms in total.